The van der Waals surface area contributed by atoms with E-state index in [4.69, 9.17) is 10.5 Å². The van der Waals surface area contributed by atoms with Gasteiger partial charge in [-0.3, -0.25) is 9.48 Å². The first kappa shape index (κ1) is 12.1. The number of carbonyl (C=O) groups excluding carboxylic acids is 1. The third kappa shape index (κ3) is 2.32. The van der Waals surface area contributed by atoms with Gasteiger partial charge in [-0.25, -0.2) is 0 Å². The Morgan fingerprint density at radius 2 is 2.47 bits per heavy atom. The van der Waals surface area contributed by atoms with Gasteiger partial charge >= 0.3 is 0 Å². The van der Waals surface area contributed by atoms with Crippen LogP contribution in [0.4, 0.5) is 0 Å². The maximum absolute atomic E-state index is 11.7. The van der Waals surface area contributed by atoms with Crippen LogP contribution in [0.3, 0.4) is 0 Å². The number of carbonyl (C=O) groups is 1. The standard InChI is InChI=1S/C11H18N4O2/c1-8-5-15-10(3-9(13-15)7-17-2)6-14(8)11(16)4-12/h3,8H,4-7,12H2,1-2H3/t8-/m1/s1. The van der Waals surface area contributed by atoms with Crippen molar-refractivity contribution in [2.45, 2.75) is 32.7 Å². The van der Waals surface area contributed by atoms with Gasteiger partial charge in [0.15, 0.2) is 0 Å². The summed E-state index contributed by atoms with van der Waals surface area (Å²) in [4.78, 5) is 13.5. The predicted octanol–water partition coefficient (Wildman–Crippen LogP) is -0.281. The second-order valence-corrected chi connectivity index (χ2v) is 4.32. The van der Waals surface area contributed by atoms with E-state index in [0.717, 1.165) is 11.4 Å². The third-order valence-corrected chi connectivity index (χ3v) is 3.00. The normalized spacial score (nSPS) is 19.2. The van der Waals surface area contributed by atoms with Gasteiger partial charge in [-0.05, 0) is 13.0 Å². The first-order valence-corrected chi connectivity index (χ1v) is 5.69. The first-order chi connectivity index (χ1) is 8.15. The highest BCUT2D eigenvalue weighted by Crippen LogP contribution is 2.18. The van der Waals surface area contributed by atoms with Gasteiger partial charge in [0.05, 0.1) is 37.6 Å². The fourth-order valence-electron chi connectivity index (χ4n) is 2.15. The van der Waals surface area contributed by atoms with E-state index in [9.17, 15) is 4.79 Å². The number of fused-ring (bicyclic) bond motifs is 1. The molecule has 17 heavy (non-hydrogen) atoms. The molecule has 1 aliphatic rings. The van der Waals surface area contributed by atoms with E-state index in [1.807, 2.05) is 17.7 Å². The smallest absolute Gasteiger partial charge is 0.236 e. The zero-order valence-corrected chi connectivity index (χ0v) is 10.2. The van der Waals surface area contributed by atoms with Crippen molar-refractivity contribution in [2.75, 3.05) is 13.7 Å². The van der Waals surface area contributed by atoms with Crippen molar-refractivity contribution < 1.29 is 9.53 Å². The lowest BCUT2D eigenvalue weighted by Gasteiger charge is -2.33. The number of hydrogen-bond acceptors (Lipinski definition) is 4. The molecule has 0 aromatic carbocycles. The molecule has 0 radical (unpaired) electrons. The summed E-state index contributed by atoms with van der Waals surface area (Å²) in [6.45, 7) is 3.86. The second-order valence-electron chi connectivity index (χ2n) is 4.32. The zero-order valence-electron chi connectivity index (χ0n) is 10.2. The minimum absolute atomic E-state index is 0.0155. The number of hydrogen-bond donors (Lipinski definition) is 1. The van der Waals surface area contributed by atoms with Crippen LogP contribution >= 0.6 is 0 Å². The number of aromatic nitrogens is 2. The van der Waals surface area contributed by atoms with Gasteiger partial charge in [0, 0.05) is 13.2 Å². The number of amides is 1. The molecular weight excluding hydrogens is 220 g/mol. The molecule has 6 heteroatoms. The number of rotatable bonds is 3. The molecule has 0 saturated heterocycles. The molecule has 1 atom stereocenters. The van der Waals surface area contributed by atoms with Crippen molar-refractivity contribution in [1.82, 2.24) is 14.7 Å². The van der Waals surface area contributed by atoms with Gasteiger partial charge in [-0.2, -0.15) is 5.10 Å². The third-order valence-electron chi connectivity index (χ3n) is 3.00. The average Bonchev–Trinajstić information content (AvgIpc) is 2.69. The van der Waals surface area contributed by atoms with Crippen LogP contribution in [-0.2, 0) is 29.2 Å². The highest BCUT2D eigenvalue weighted by molar-refractivity contribution is 5.78. The fourth-order valence-corrected chi connectivity index (χ4v) is 2.15. The van der Waals surface area contributed by atoms with Crippen molar-refractivity contribution in [1.29, 1.82) is 0 Å². The molecule has 0 aliphatic carbocycles. The summed E-state index contributed by atoms with van der Waals surface area (Å²) in [5, 5.41) is 4.43. The number of ether oxygens (including phenoxy) is 1. The molecule has 1 aromatic rings. The Labute approximate surface area is 100 Å². The van der Waals surface area contributed by atoms with Crippen LogP contribution < -0.4 is 5.73 Å². The SMILES string of the molecule is COCc1cc2n(n1)C[C@@H](C)N(C(=O)CN)C2. The molecule has 0 bridgehead atoms. The van der Waals surface area contributed by atoms with Crippen LogP contribution in [0.15, 0.2) is 6.07 Å². The molecule has 1 amide bonds. The van der Waals surface area contributed by atoms with E-state index < -0.39 is 0 Å². The number of methoxy groups -OCH3 is 1. The Kier molecular flexibility index (Phi) is 3.44. The van der Waals surface area contributed by atoms with Crippen LogP contribution in [-0.4, -0.2) is 40.3 Å². The van der Waals surface area contributed by atoms with E-state index in [0.29, 0.717) is 19.7 Å². The maximum Gasteiger partial charge on any atom is 0.236 e. The Morgan fingerprint density at radius 3 is 3.12 bits per heavy atom. The van der Waals surface area contributed by atoms with Crippen molar-refractivity contribution in [3.8, 4) is 0 Å². The van der Waals surface area contributed by atoms with E-state index in [-0.39, 0.29) is 18.5 Å². The Hall–Kier alpha value is -1.40. The zero-order chi connectivity index (χ0) is 12.4. The van der Waals surface area contributed by atoms with Gasteiger partial charge in [0.25, 0.3) is 0 Å². The highest BCUT2D eigenvalue weighted by atomic mass is 16.5. The largest absolute Gasteiger partial charge is 0.378 e. The molecule has 6 nitrogen and oxygen atoms in total. The first-order valence-electron chi connectivity index (χ1n) is 5.69. The number of nitrogens with zero attached hydrogens (tertiary/aromatic N) is 3. The predicted molar refractivity (Wildman–Crippen MR) is 62.0 cm³/mol. The summed E-state index contributed by atoms with van der Waals surface area (Å²) in [6, 6.07) is 2.11. The van der Waals surface area contributed by atoms with Crippen LogP contribution in [0.5, 0.6) is 0 Å². The van der Waals surface area contributed by atoms with E-state index in [2.05, 4.69) is 5.10 Å². The molecule has 2 N–H and O–H groups in total. The van der Waals surface area contributed by atoms with E-state index in [1.54, 1.807) is 12.0 Å². The van der Waals surface area contributed by atoms with Gasteiger partial charge in [0.1, 0.15) is 0 Å². The second kappa shape index (κ2) is 4.85. The van der Waals surface area contributed by atoms with Gasteiger partial charge in [-0.1, -0.05) is 0 Å². The van der Waals surface area contributed by atoms with Crippen molar-refractivity contribution >= 4 is 5.91 Å². The maximum atomic E-state index is 11.7. The van der Waals surface area contributed by atoms with Crippen molar-refractivity contribution in [3.63, 3.8) is 0 Å². The monoisotopic (exact) mass is 238 g/mol. The van der Waals surface area contributed by atoms with Crippen LogP contribution in [0.25, 0.3) is 0 Å². The molecule has 0 fully saturated rings. The topological polar surface area (TPSA) is 73.4 Å². The Balaban J connectivity index is 2.19. The quantitative estimate of drug-likeness (QED) is 0.786. The average molecular weight is 238 g/mol. The van der Waals surface area contributed by atoms with Gasteiger partial charge < -0.3 is 15.4 Å². The van der Waals surface area contributed by atoms with Crippen molar-refractivity contribution in [2.24, 2.45) is 5.73 Å². The summed E-state index contributed by atoms with van der Waals surface area (Å²) in [5.41, 5.74) is 7.34. The summed E-state index contributed by atoms with van der Waals surface area (Å²) in [6.07, 6.45) is 0. The summed E-state index contributed by atoms with van der Waals surface area (Å²) in [7, 11) is 1.64. The van der Waals surface area contributed by atoms with E-state index >= 15 is 0 Å². The van der Waals surface area contributed by atoms with Crippen LogP contribution in [0.1, 0.15) is 18.3 Å². The molecule has 0 unspecified atom stereocenters. The molecule has 94 valence electrons. The summed E-state index contributed by atoms with van der Waals surface area (Å²) in [5.74, 6) is -0.0155. The lowest BCUT2D eigenvalue weighted by Crippen LogP contribution is -2.47. The molecular formula is C11H18N4O2. The Bertz CT molecular complexity index is 416. The summed E-state index contributed by atoms with van der Waals surface area (Å²) < 4.78 is 7.00. The highest BCUT2D eigenvalue weighted by Gasteiger charge is 2.27. The van der Waals surface area contributed by atoms with E-state index in [1.165, 1.54) is 0 Å². The molecule has 2 heterocycles. The fraction of sp³-hybridized carbons (Fsp3) is 0.636. The molecule has 0 saturated carbocycles. The number of nitrogens with two attached hydrogens (primary N) is 1. The molecule has 0 spiro atoms. The Morgan fingerprint density at radius 1 is 1.71 bits per heavy atom. The lowest BCUT2D eigenvalue weighted by molar-refractivity contribution is -0.133. The van der Waals surface area contributed by atoms with Gasteiger partial charge in [0.2, 0.25) is 5.91 Å². The molecule has 1 aromatic heterocycles. The van der Waals surface area contributed by atoms with Gasteiger partial charge in [-0.15, -0.1) is 0 Å². The minimum atomic E-state index is -0.0155. The minimum Gasteiger partial charge on any atom is -0.378 e. The summed E-state index contributed by atoms with van der Waals surface area (Å²) >= 11 is 0. The van der Waals surface area contributed by atoms with Crippen LogP contribution in [0.2, 0.25) is 0 Å². The molecule has 1 aliphatic heterocycles. The van der Waals surface area contributed by atoms with Crippen LogP contribution in [0, 0.1) is 0 Å². The molecule has 2 rings (SSSR count). The van der Waals surface area contributed by atoms with Crippen molar-refractivity contribution in [3.05, 3.63) is 17.5 Å². The lowest BCUT2D eigenvalue weighted by atomic mass is 10.2.